The summed E-state index contributed by atoms with van der Waals surface area (Å²) in [5.41, 5.74) is 3.86. The molecular formula is C23H19N5O3. The summed E-state index contributed by atoms with van der Waals surface area (Å²) in [7, 11) is 1.62. The average molecular weight is 413 g/mol. The van der Waals surface area contributed by atoms with Gasteiger partial charge in [0.1, 0.15) is 17.8 Å². The molecule has 0 aliphatic carbocycles. The Labute approximate surface area is 177 Å². The molecule has 0 amide bonds. The van der Waals surface area contributed by atoms with Crippen molar-refractivity contribution < 1.29 is 9.26 Å². The van der Waals surface area contributed by atoms with Crippen LogP contribution >= 0.6 is 0 Å². The molecule has 0 saturated heterocycles. The Bertz CT molecular complexity index is 1430. The zero-order valence-electron chi connectivity index (χ0n) is 17.0. The van der Waals surface area contributed by atoms with E-state index in [2.05, 4.69) is 15.2 Å². The Morgan fingerprint density at radius 1 is 1.03 bits per heavy atom. The summed E-state index contributed by atoms with van der Waals surface area (Å²) in [6, 6.07) is 17.2. The van der Waals surface area contributed by atoms with Gasteiger partial charge in [-0.25, -0.2) is 4.52 Å². The highest BCUT2D eigenvalue weighted by Crippen LogP contribution is 2.22. The van der Waals surface area contributed by atoms with Gasteiger partial charge in [-0.05, 0) is 43.3 Å². The smallest absolute Gasteiger partial charge is 0.277 e. The van der Waals surface area contributed by atoms with Crippen LogP contribution in [0.15, 0.2) is 76.3 Å². The van der Waals surface area contributed by atoms with Gasteiger partial charge in [-0.15, -0.1) is 0 Å². The van der Waals surface area contributed by atoms with Crippen LogP contribution in [0.25, 0.3) is 28.2 Å². The third-order valence-corrected chi connectivity index (χ3v) is 5.04. The summed E-state index contributed by atoms with van der Waals surface area (Å²) in [6.45, 7) is 2.18. The second-order valence-electron chi connectivity index (χ2n) is 7.20. The number of nitrogens with zero attached hydrogens (tertiary/aromatic N) is 5. The highest BCUT2D eigenvalue weighted by Gasteiger charge is 2.13. The van der Waals surface area contributed by atoms with Gasteiger partial charge in [-0.1, -0.05) is 28.9 Å². The highest BCUT2D eigenvalue weighted by molar-refractivity contribution is 5.66. The molecule has 3 heterocycles. The van der Waals surface area contributed by atoms with Crippen molar-refractivity contribution in [3.05, 3.63) is 88.8 Å². The lowest BCUT2D eigenvalue weighted by molar-refractivity contribution is 0.370. The van der Waals surface area contributed by atoms with Crippen LogP contribution in [0.5, 0.6) is 5.75 Å². The molecule has 31 heavy (non-hydrogen) atoms. The highest BCUT2D eigenvalue weighted by atomic mass is 16.5. The summed E-state index contributed by atoms with van der Waals surface area (Å²) in [5.74, 6) is 1.62. The first-order valence-electron chi connectivity index (χ1n) is 9.73. The van der Waals surface area contributed by atoms with E-state index in [4.69, 9.17) is 9.26 Å². The maximum absolute atomic E-state index is 13.0. The number of methoxy groups -OCH3 is 1. The van der Waals surface area contributed by atoms with Crippen molar-refractivity contribution in [1.82, 2.24) is 24.3 Å². The van der Waals surface area contributed by atoms with Gasteiger partial charge < -0.3 is 13.8 Å². The molecule has 0 aliphatic heterocycles. The fourth-order valence-electron chi connectivity index (χ4n) is 3.42. The third-order valence-electron chi connectivity index (χ3n) is 5.04. The van der Waals surface area contributed by atoms with Gasteiger partial charge in [0.2, 0.25) is 11.7 Å². The zero-order valence-corrected chi connectivity index (χ0v) is 17.0. The molecule has 0 N–H and O–H groups in total. The summed E-state index contributed by atoms with van der Waals surface area (Å²) in [6.07, 6.45) is 3.40. The molecule has 0 saturated carbocycles. The standard InChI is InChI=1S/C23H19N5O3/c1-15-4-3-5-17(12-15)22-24-21(31-26-22)14-27-10-11-28-20(23(27)29)13-19(25-28)16-6-8-18(30-2)9-7-16/h3-13H,14H2,1-2H3. The molecule has 154 valence electrons. The minimum absolute atomic E-state index is 0.178. The van der Waals surface area contributed by atoms with Gasteiger partial charge in [0, 0.05) is 23.5 Å². The lowest BCUT2D eigenvalue weighted by Gasteiger charge is -2.02. The Balaban J connectivity index is 1.44. The van der Waals surface area contributed by atoms with E-state index in [0.29, 0.717) is 22.9 Å². The zero-order chi connectivity index (χ0) is 21.4. The van der Waals surface area contributed by atoms with Crippen LogP contribution in [0, 0.1) is 6.92 Å². The van der Waals surface area contributed by atoms with Crippen LogP contribution in [0.2, 0.25) is 0 Å². The Kier molecular flexibility index (Phi) is 4.59. The molecule has 0 atom stereocenters. The van der Waals surface area contributed by atoms with Crippen LogP contribution in [-0.4, -0.2) is 31.4 Å². The Morgan fingerprint density at radius 2 is 1.87 bits per heavy atom. The monoisotopic (exact) mass is 413 g/mol. The lowest BCUT2D eigenvalue weighted by atomic mass is 10.1. The van der Waals surface area contributed by atoms with Crippen molar-refractivity contribution in [2.75, 3.05) is 7.11 Å². The molecule has 8 heteroatoms. The SMILES string of the molecule is COc1ccc(-c2cc3c(=O)n(Cc4nc(-c5cccc(C)c5)no4)ccn3n2)cc1. The fourth-order valence-corrected chi connectivity index (χ4v) is 3.42. The lowest BCUT2D eigenvalue weighted by Crippen LogP contribution is -2.21. The fraction of sp³-hybridized carbons (Fsp3) is 0.130. The molecule has 0 fully saturated rings. The van der Waals surface area contributed by atoms with Gasteiger partial charge in [0.15, 0.2) is 0 Å². The number of aromatic nitrogens is 5. The summed E-state index contributed by atoms with van der Waals surface area (Å²) in [5, 5.41) is 8.55. The second-order valence-corrected chi connectivity index (χ2v) is 7.20. The van der Waals surface area contributed by atoms with Gasteiger partial charge in [-0.2, -0.15) is 10.1 Å². The van der Waals surface area contributed by atoms with Gasteiger partial charge in [-0.3, -0.25) is 4.79 Å². The Hall–Kier alpha value is -4.20. The molecule has 0 unspecified atom stereocenters. The van der Waals surface area contributed by atoms with E-state index in [-0.39, 0.29) is 12.1 Å². The van der Waals surface area contributed by atoms with Crippen LogP contribution in [-0.2, 0) is 6.54 Å². The molecule has 8 nitrogen and oxygen atoms in total. The number of hydrogen-bond acceptors (Lipinski definition) is 6. The van der Waals surface area contributed by atoms with E-state index in [1.54, 1.807) is 30.1 Å². The van der Waals surface area contributed by atoms with Crippen molar-refractivity contribution in [3.63, 3.8) is 0 Å². The molecule has 5 rings (SSSR count). The molecule has 0 bridgehead atoms. The minimum Gasteiger partial charge on any atom is -0.497 e. The van der Waals surface area contributed by atoms with Crippen LogP contribution < -0.4 is 10.3 Å². The number of aryl methyl sites for hydroxylation is 1. The van der Waals surface area contributed by atoms with Gasteiger partial charge in [0.25, 0.3) is 5.56 Å². The predicted molar refractivity (Wildman–Crippen MR) is 115 cm³/mol. The first-order valence-corrected chi connectivity index (χ1v) is 9.73. The predicted octanol–water partition coefficient (Wildman–Crippen LogP) is 3.58. The average Bonchev–Trinajstić information content (AvgIpc) is 3.44. The number of benzene rings is 2. The summed E-state index contributed by atoms with van der Waals surface area (Å²) >= 11 is 0. The second kappa shape index (κ2) is 7.56. The quantitative estimate of drug-likeness (QED) is 0.438. The maximum atomic E-state index is 13.0. The first kappa shape index (κ1) is 18.8. The number of rotatable bonds is 5. The molecule has 3 aromatic heterocycles. The van der Waals surface area contributed by atoms with Crippen molar-refractivity contribution in [3.8, 4) is 28.4 Å². The molecule has 0 radical (unpaired) electrons. The summed E-state index contributed by atoms with van der Waals surface area (Å²) < 4.78 is 13.7. The third kappa shape index (κ3) is 3.59. The van der Waals surface area contributed by atoms with E-state index in [1.807, 2.05) is 55.5 Å². The number of fused-ring (bicyclic) bond motifs is 1. The number of hydrogen-bond donors (Lipinski definition) is 0. The van der Waals surface area contributed by atoms with Gasteiger partial charge >= 0.3 is 0 Å². The van der Waals surface area contributed by atoms with Crippen LogP contribution in [0.1, 0.15) is 11.5 Å². The topological polar surface area (TPSA) is 87.5 Å². The van der Waals surface area contributed by atoms with Crippen molar-refractivity contribution in [2.24, 2.45) is 0 Å². The van der Waals surface area contributed by atoms with E-state index in [1.165, 1.54) is 4.57 Å². The van der Waals surface area contributed by atoms with E-state index in [0.717, 1.165) is 22.4 Å². The van der Waals surface area contributed by atoms with E-state index in [9.17, 15) is 4.79 Å². The molecular weight excluding hydrogens is 394 g/mol. The molecule has 2 aromatic carbocycles. The Morgan fingerprint density at radius 3 is 2.65 bits per heavy atom. The normalized spacial score (nSPS) is 11.2. The van der Waals surface area contributed by atoms with Gasteiger partial charge in [0.05, 0.1) is 12.8 Å². The maximum Gasteiger partial charge on any atom is 0.277 e. The van der Waals surface area contributed by atoms with Crippen molar-refractivity contribution in [1.29, 1.82) is 0 Å². The molecule has 0 spiro atoms. The van der Waals surface area contributed by atoms with Crippen LogP contribution in [0.4, 0.5) is 0 Å². The first-order chi connectivity index (χ1) is 15.1. The summed E-state index contributed by atoms with van der Waals surface area (Å²) in [4.78, 5) is 17.4. The molecule has 0 aliphatic rings. The van der Waals surface area contributed by atoms with Crippen molar-refractivity contribution in [2.45, 2.75) is 13.5 Å². The minimum atomic E-state index is -0.190. The van der Waals surface area contributed by atoms with Crippen molar-refractivity contribution >= 4 is 5.52 Å². The largest absolute Gasteiger partial charge is 0.497 e. The van der Waals surface area contributed by atoms with Crippen LogP contribution in [0.3, 0.4) is 0 Å². The van der Waals surface area contributed by atoms with E-state index < -0.39 is 0 Å². The van der Waals surface area contributed by atoms with E-state index >= 15 is 0 Å². The number of ether oxygens (including phenoxy) is 1. The molecule has 5 aromatic rings.